The maximum absolute atomic E-state index is 6.43. The van der Waals surface area contributed by atoms with Crippen molar-refractivity contribution in [1.29, 1.82) is 0 Å². The van der Waals surface area contributed by atoms with Crippen molar-refractivity contribution in [2.75, 3.05) is 18.5 Å². The van der Waals surface area contributed by atoms with Gasteiger partial charge < -0.3 is 10.2 Å². The van der Waals surface area contributed by atoms with E-state index in [4.69, 9.17) is 11.6 Å². The van der Waals surface area contributed by atoms with Gasteiger partial charge in [-0.1, -0.05) is 24.6 Å². The Hall–Kier alpha value is -1.58. The van der Waals surface area contributed by atoms with Crippen molar-refractivity contribution in [1.82, 2.24) is 10.3 Å². The standard InChI is InChI=1S/C17H22ClN3/c1-4-20-13(2)16-6-5-15(11-17(16)18)21(3)12-14-7-9-19-10-8-14/h5-11,13,20H,4,12H2,1-3H3. The van der Waals surface area contributed by atoms with E-state index < -0.39 is 0 Å². The van der Waals surface area contributed by atoms with Crippen LogP contribution in [0.1, 0.15) is 31.0 Å². The summed E-state index contributed by atoms with van der Waals surface area (Å²) >= 11 is 6.43. The summed E-state index contributed by atoms with van der Waals surface area (Å²) in [4.78, 5) is 6.22. The molecule has 0 saturated carbocycles. The summed E-state index contributed by atoms with van der Waals surface area (Å²) in [6.45, 7) is 5.99. The van der Waals surface area contributed by atoms with E-state index in [1.165, 1.54) is 5.56 Å². The number of aromatic nitrogens is 1. The Morgan fingerprint density at radius 3 is 2.57 bits per heavy atom. The van der Waals surface area contributed by atoms with Crippen molar-refractivity contribution in [3.05, 3.63) is 58.9 Å². The first-order valence-corrected chi connectivity index (χ1v) is 7.62. The van der Waals surface area contributed by atoms with Gasteiger partial charge in [0.05, 0.1) is 0 Å². The molecule has 0 amide bonds. The van der Waals surface area contributed by atoms with E-state index in [2.05, 4.69) is 48.2 Å². The molecule has 1 aromatic heterocycles. The Labute approximate surface area is 132 Å². The van der Waals surface area contributed by atoms with E-state index in [1.54, 1.807) is 0 Å². The second-order valence-corrected chi connectivity index (χ2v) is 5.60. The van der Waals surface area contributed by atoms with Gasteiger partial charge in [0.1, 0.15) is 0 Å². The van der Waals surface area contributed by atoms with Crippen LogP contribution in [0, 0.1) is 0 Å². The summed E-state index contributed by atoms with van der Waals surface area (Å²) in [5.41, 5.74) is 3.48. The molecule has 112 valence electrons. The molecule has 0 bridgehead atoms. The molecule has 1 atom stereocenters. The molecule has 2 rings (SSSR count). The summed E-state index contributed by atoms with van der Waals surface area (Å²) in [5, 5.41) is 4.19. The van der Waals surface area contributed by atoms with Gasteiger partial charge in [-0.05, 0) is 48.9 Å². The molecule has 1 N–H and O–H groups in total. The van der Waals surface area contributed by atoms with Crippen LogP contribution in [0.2, 0.25) is 5.02 Å². The number of nitrogens with one attached hydrogen (secondary N) is 1. The number of anilines is 1. The molecule has 0 fully saturated rings. The van der Waals surface area contributed by atoms with Crippen LogP contribution in [-0.2, 0) is 6.54 Å². The Kier molecular flexibility index (Phi) is 5.59. The van der Waals surface area contributed by atoms with Gasteiger partial charge in [-0.3, -0.25) is 4.98 Å². The minimum Gasteiger partial charge on any atom is -0.370 e. The highest BCUT2D eigenvalue weighted by molar-refractivity contribution is 6.31. The zero-order chi connectivity index (χ0) is 15.2. The molecule has 0 radical (unpaired) electrons. The molecule has 0 aliphatic carbocycles. The largest absolute Gasteiger partial charge is 0.370 e. The smallest absolute Gasteiger partial charge is 0.0474 e. The number of hydrogen-bond acceptors (Lipinski definition) is 3. The third-order valence-corrected chi connectivity index (χ3v) is 3.90. The van der Waals surface area contributed by atoms with Gasteiger partial charge in [-0.25, -0.2) is 0 Å². The SMILES string of the molecule is CCNC(C)c1ccc(N(C)Cc2ccncc2)cc1Cl. The number of rotatable bonds is 6. The first-order chi connectivity index (χ1) is 10.1. The second-order valence-electron chi connectivity index (χ2n) is 5.20. The third-order valence-electron chi connectivity index (χ3n) is 3.57. The fourth-order valence-corrected chi connectivity index (χ4v) is 2.71. The van der Waals surface area contributed by atoms with E-state index in [-0.39, 0.29) is 6.04 Å². The van der Waals surface area contributed by atoms with Crippen LogP contribution < -0.4 is 10.2 Å². The van der Waals surface area contributed by atoms with E-state index in [0.29, 0.717) is 0 Å². The van der Waals surface area contributed by atoms with E-state index in [1.807, 2.05) is 30.6 Å². The van der Waals surface area contributed by atoms with Crippen LogP contribution in [-0.4, -0.2) is 18.6 Å². The van der Waals surface area contributed by atoms with Gasteiger partial charge in [0, 0.05) is 42.7 Å². The maximum Gasteiger partial charge on any atom is 0.0474 e. The van der Waals surface area contributed by atoms with Gasteiger partial charge in [0.25, 0.3) is 0 Å². The maximum atomic E-state index is 6.43. The molecule has 1 heterocycles. The highest BCUT2D eigenvalue weighted by Crippen LogP contribution is 2.28. The van der Waals surface area contributed by atoms with E-state index in [9.17, 15) is 0 Å². The van der Waals surface area contributed by atoms with E-state index >= 15 is 0 Å². The summed E-state index contributed by atoms with van der Waals surface area (Å²) in [5.74, 6) is 0. The third kappa shape index (κ3) is 4.19. The van der Waals surface area contributed by atoms with Gasteiger partial charge in [-0.15, -0.1) is 0 Å². The lowest BCUT2D eigenvalue weighted by Gasteiger charge is -2.22. The monoisotopic (exact) mass is 303 g/mol. The minimum atomic E-state index is 0.266. The van der Waals surface area contributed by atoms with Gasteiger partial charge in [0.2, 0.25) is 0 Å². The van der Waals surface area contributed by atoms with Crippen LogP contribution in [0.5, 0.6) is 0 Å². The second kappa shape index (κ2) is 7.43. The van der Waals surface area contributed by atoms with Gasteiger partial charge in [-0.2, -0.15) is 0 Å². The van der Waals surface area contributed by atoms with Crippen LogP contribution in [0.4, 0.5) is 5.69 Å². The summed E-state index contributed by atoms with van der Waals surface area (Å²) < 4.78 is 0. The molecule has 0 aliphatic heterocycles. The van der Waals surface area contributed by atoms with Crippen molar-refractivity contribution in [3.63, 3.8) is 0 Å². The number of pyridine rings is 1. The summed E-state index contributed by atoms with van der Waals surface area (Å²) in [6, 6.07) is 10.6. The van der Waals surface area contributed by atoms with Crippen molar-refractivity contribution in [2.45, 2.75) is 26.4 Å². The van der Waals surface area contributed by atoms with Crippen LogP contribution in [0.3, 0.4) is 0 Å². The molecule has 0 saturated heterocycles. The number of halogens is 1. The first-order valence-electron chi connectivity index (χ1n) is 7.24. The number of hydrogen-bond donors (Lipinski definition) is 1. The lowest BCUT2D eigenvalue weighted by molar-refractivity contribution is 0.598. The van der Waals surface area contributed by atoms with Gasteiger partial charge >= 0.3 is 0 Å². The molecular weight excluding hydrogens is 282 g/mol. The lowest BCUT2D eigenvalue weighted by atomic mass is 10.1. The number of nitrogens with zero attached hydrogens (tertiary/aromatic N) is 2. The average molecular weight is 304 g/mol. The highest BCUT2D eigenvalue weighted by Gasteiger charge is 2.10. The first kappa shape index (κ1) is 15.8. The van der Waals surface area contributed by atoms with Crippen LogP contribution >= 0.6 is 11.6 Å². The lowest BCUT2D eigenvalue weighted by Crippen LogP contribution is -2.19. The fraction of sp³-hybridized carbons (Fsp3) is 0.353. The Morgan fingerprint density at radius 2 is 1.95 bits per heavy atom. The topological polar surface area (TPSA) is 28.2 Å². The molecule has 1 aromatic carbocycles. The molecule has 0 spiro atoms. The summed E-state index contributed by atoms with van der Waals surface area (Å²) in [7, 11) is 2.07. The molecular formula is C17H22ClN3. The predicted molar refractivity (Wildman–Crippen MR) is 89.9 cm³/mol. The average Bonchev–Trinajstić information content (AvgIpc) is 2.48. The normalized spacial score (nSPS) is 12.2. The molecule has 4 heteroatoms. The van der Waals surface area contributed by atoms with Gasteiger partial charge in [0.15, 0.2) is 0 Å². The van der Waals surface area contributed by atoms with E-state index in [0.717, 1.165) is 29.4 Å². The zero-order valence-corrected chi connectivity index (χ0v) is 13.6. The zero-order valence-electron chi connectivity index (χ0n) is 12.8. The van der Waals surface area contributed by atoms with Crippen molar-refractivity contribution in [2.24, 2.45) is 0 Å². The minimum absolute atomic E-state index is 0.266. The Morgan fingerprint density at radius 1 is 1.24 bits per heavy atom. The fourth-order valence-electron chi connectivity index (χ4n) is 2.37. The Bertz CT molecular complexity index is 572. The van der Waals surface area contributed by atoms with Crippen LogP contribution in [0.25, 0.3) is 0 Å². The number of benzene rings is 1. The highest BCUT2D eigenvalue weighted by atomic mass is 35.5. The molecule has 21 heavy (non-hydrogen) atoms. The van der Waals surface area contributed by atoms with Crippen molar-refractivity contribution >= 4 is 17.3 Å². The summed E-state index contributed by atoms with van der Waals surface area (Å²) in [6.07, 6.45) is 3.63. The molecule has 2 aromatic rings. The Balaban J connectivity index is 2.12. The van der Waals surface area contributed by atoms with Crippen molar-refractivity contribution in [3.8, 4) is 0 Å². The molecule has 1 unspecified atom stereocenters. The quantitative estimate of drug-likeness (QED) is 0.873. The van der Waals surface area contributed by atoms with Crippen molar-refractivity contribution < 1.29 is 0 Å². The molecule has 0 aliphatic rings. The predicted octanol–water partition coefficient (Wildman–Crippen LogP) is 4.04. The molecule has 3 nitrogen and oxygen atoms in total. The van der Waals surface area contributed by atoms with Crippen LogP contribution in [0.15, 0.2) is 42.7 Å².